The van der Waals surface area contributed by atoms with Crippen LogP contribution in [-0.4, -0.2) is 28.4 Å². The molecule has 3 rings (SSSR count). The zero-order chi connectivity index (χ0) is 12.0. The average molecular weight is 231 g/mol. The van der Waals surface area contributed by atoms with Crippen LogP contribution < -0.4 is 0 Å². The molecule has 1 aromatic carbocycles. The summed E-state index contributed by atoms with van der Waals surface area (Å²) < 4.78 is 0. The Balaban J connectivity index is 1.67. The molecule has 3 atom stereocenters. The number of piperidine rings is 1. The summed E-state index contributed by atoms with van der Waals surface area (Å²) in [7, 11) is 0. The summed E-state index contributed by atoms with van der Waals surface area (Å²) in [5.41, 5.74) is 1.09. The minimum Gasteiger partial charge on any atom is -0.481 e. The fourth-order valence-corrected chi connectivity index (χ4v) is 2.78. The highest BCUT2D eigenvalue weighted by Crippen LogP contribution is 2.52. The van der Waals surface area contributed by atoms with Crippen molar-refractivity contribution in [3.8, 4) is 0 Å². The summed E-state index contributed by atoms with van der Waals surface area (Å²) >= 11 is 0. The highest BCUT2D eigenvalue weighted by molar-refractivity contribution is 5.93. The molecule has 1 aromatic rings. The van der Waals surface area contributed by atoms with Gasteiger partial charge in [-0.2, -0.15) is 0 Å². The monoisotopic (exact) mass is 231 g/mol. The third-order valence-corrected chi connectivity index (χ3v) is 3.70. The summed E-state index contributed by atoms with van der Waals surface area (Å²) in [4.78, 5) is 24.5. The Bertz CT molecular complexity index is 471. The van der Waals surface area contributed by atoms with Crippen molar-refractivity contribution in [2.75, 3.05) is 6.54 Å². The van der Waals surface area contributed by atoms with Crippen LogP contribution in [0.5, 0.6) is 0 Å². The van der Waals surface area contributed by atoms with Gasteiger partial charge in [-0.05, 0) is 5.56 Å². The van der Waals surface area contributed by atoms with Crippen LogP contribution in [0, 0.1) is 17.8 Å². The summed E-state index contributed by atoms with van der Waals surface area (Å²) in [5, 5.41) is 8.88. The molecule has 0 spiro atoms. The first-order valence-corrected chi connectivity index (χ1v) is 5.74. The molecule has 4 heteroatoms. The van der Waals surface area contributed by atoms with Gasteiger partial charge in [-0.25, -0.2) is 0 Å². The number of rotatable bonds is 3. The lowest BCUT2D eigenvalue weighted by atomic mass is 10.2. The Morgan fingerprint density at radius 2 is 2.06 bits per heavy atom. The van der Waals surface area contributed by atoms with Crippen molar-refractivity contribution in [2.45, 2.75) is 6.54 Å². The van der Waals surface area contributed by atoms with Gasteiger partial charge in [0.25, 0.3) is 0 Å². The van der Waals surface area contributed by atoms with Gasteiger partial charge in [0.2, 0.25) is 5.91 Å². The maximum Gasteiger partial charge on any atom is 0.307 e. The van der Waals surface area contributed by atoms with E-state index < -0.39 is 11.9 Å². The van der Waals surface area contributed by atoms with Crippen molar-refractivity contribution < 1.29 is 14.7 Å². The molecule has 17 heavy (non-hydrogen) atoms. The third kappa shape index (κ3) is 1.60. The van der Waals surface area contributed by atoms with Gasteiger partial charge < -0.3 is 10.0 Å². The number of nitrogens with zero attached hydrogens (tertiary/aromatic N) is 1. The van der Waals surface area contributed by atoms with Crippen LogP contribution in [0.4, 0.5) is 0 Å². The van der Waals surface area contributed by atoms with Crippen LogP contribution in [0.15, 0.2) is 30.3 Å². The Labute approximate surface area is 98.9 Å². The van der Waals surface area contributed by atoms with E-state index in [9.17, 15) is 9.59 Å². The molecule has 1 saturated carbocycles. The van der Waals surface area contributed by atoms with Crippen LogP contribution in [-0.2, 0) is 16.1 Å². The number of likely N-dealkylation sites (tertiary alicyclic amines) is 1. The van der Waals surface area contributed by atoms with Gasteiger partial charge in [0.15, 0.2) is 0 Å². The van der Waals surface area contributed by atoms with Gasteiger partial charge >= 0.3 is 5.97 Å². The van der Waals surface area contributed by atoms with Crippen molar-refractivity contribution >= 4 is 11.9 Å². The standard InChI is InChI=1S/C13H13NO3/c15-12-10-9(11(10)13(16)17)7-14(12)6-8-4-2-1-3-5-8/h1-5,9-11H,6-7H2,(H,16,17). The van der Waals surface area contributed by atoms with E-state index in [4.69, 9.17) is 5.11 Å². The number of hydrogen-bond donors (Lipinski definition) is 1. The highest BCUT2D eigenvalue weighted by Gasteiger charge is 2.64. The summed E-state index contributed by atoms with van der Waals surface area (Å²) in [6, 6.07) is 9.78. The zero-order valence-corrected chi connectivity index (χ0v) is 9.24. The molecule has 1 N–H and O–H groups in total. The second-order valence-corrected chi connectivity index (χ2v) is 4.76. The molecule has 2 fully saturated rings. The Hall–Kier alpha value is -1.84. The fraction of sp³-hybridized carbons (Fsp3) is 0.385. The summed E-state index contributed by atoms with van der Waals surface area (Å²) in [6.07, 6.45) is 0. The van der Waals surface area contributed by atoms with Crippen molar-refractivity contribution in [3.05, 3.63) is 35.9 Å². The van der Waals surface area contributed by atoms with Crippen molar-refractivity contribution in [1.29, 1.82) is 0 Å². The number of carboxylic acid groups (broad SMARTS) is 1. The van der Waals surface area contributed by atoms with Crippen LogP contribution in [0.3, 0.4) is 0 Å². The molecule has 3 unspecified atom stereocenters. The first kappa shape index (κ1) is 10.3. The smallest absolute Gasteiger partial charge is 0.307 e. The maximum absolute atomic E-state index is 11.9. The molecule has 0 aromatic heterocycles. The summed E-state index contributed by atoms with van der Waals surface area (Å²) in [6.45, 7) is 1.19. The molecule has 2 aliphatic rings. The molecule has 0 bridgehead atoms. The highest BCUT2D eigenvalue weighted by atomic mass is 16.4. The molecule has 4 nitrogen and oxygen atoms in total. The van der Waals surface area contributed by atoms with Gasteiger partial charge in [0.05, 0.1) is 11.8 Å². The lowest BCUT2D eigenvalue weighted by Crippen LogP contribution is -2.30. The van der Waals surface area contributed by atoms with E-state index in [1.807, 2.05) is 30.3 Å². The molecule has 88 valence electrons. The van der Waals surface area contributed by atoms with Crippen molar-refractivity contribution in [3.63, 3.8) is 0 Å². The zero-order valence-electron chi connectivity index (χ0n) is 9.24. The number of carboxylic acids is 1. The van der Waals surface area contributed by atoms with Gasteiger partial charge in [0, 0.05) is 19.0 Å². The molecule has 1 heterocycles. The molecular weight excluding hydrogens is 218 g/mol. The number of carbonyl (C=O) groups is 2. The number of aliphatic carboxylic acids is 1. The van der Waals surface area contributed by atoms with E-state index in [0.717, 1.165) is 5.56 Å². The largest absolute Gasteiger partial charge is 0.481 e. The second kappa shape index (κ2) is 3.58. The molecule has 1 aliphatic carbocycles. The van der Waals surface area contributed by atoms with Crippen LogP contribution in [0.1, 0.15) is 5.56 Å². The van der Waals surface area contributed by atoms with Gasteiger partial charge in [-0.15, -0.1) is 0 Å². The first-order valence-electron chi connectivity index (χ1n) is 5.74. The predicted octanol–water partition coefficient (Wildman–Crippen LogP) is 0.976. The Morgan fingerprint density at radius 1 is 1.35 bits per heavy atom. The third-order valence-electron chi connectivity index (χ3n) is 3.70. The van der Waals surface area contributed by atoms with Crippen molar-refractivity contribution in [1.82, 2.24) is 4.90 Å². The predicted molar refractivity (Wildman–Crippen MR) is 60.0 cm³/mol. The molecule has 1 saturated heterocycles. The minimum absolute atomic E-state index is 0.00579. The molecule has 0 radical (unpaired) electrons. The normalized spacial score (nSPS) is 30.2. The number of amides is 1. The number of fused-ring (bicyclic) bond motifs is 1. The van der Waals surface area contributed by atoms with E-state index in [0.29, 0.717) is 13.1 Å². The lowest BCUT2D eigenvalue weighted by molar-refractivity contribution is -0.143. The van der Waals surface area contributed by atoms with E-state index in [1.54, 1.807) is 4.90 Å². The number of hydrogen-bond acceptors (Lipinski definition) is 2. The van der Waals surface area contributed by atoms with E-state index in [2.05, 4.69) is 0 Å². The minimum atomic E-state index is -0.826. The van der Waals surface area contributed by atoms with Crippen LogP contribution in [0.2, 0.25) is 0 Å². The maximum atomic E-state index is 11.9. The van der Waals surface area contributed by atoms with Gasteiger partial charge in [-0.3, -0.25) is 9.59 Å². The average Bonchev–Trinajstić information content (AvgIpc) is 2.95. The van der Waals surface area contributed by atoms with Gasteiger partial charge in [0.1, 0.15) is 0 Å². The topological polar surface area (TPSA) is 57.6 Å². The Kier molecular flexibility index (Phi) is 2.18. The van der Waals surface area contributed by atoms with E-state index in [1.165, 1.54) is 0 Å². The Morgan fingerprint density at radius 3 is 2.59 bits per heavy atom. The number of carbonyl (C=O) groups excluding carboxylic acids is 1. The molecule has 1 amide bonds. The van der Waals surface area contributed by atoms with Crippen molar-refractivity contribution in [2.24, 2.45) is 17.8 Å². The van der Waals surface area contributed by atoms with E-state index in [-0.39, 0.29) is 17.7 Å². The molecule has 1 aliphatic heterocycles. The van der Waals surface area contributed by atoms with Crippen LogP contribution in [0.25, 0.3) is 0 Å². The second-order valence-electron chi connectivity index (χ2n) is 4.76. The molecular formula is C13H13NO3. The SMILES string of the molecule is O=C(O)C1C2CN(Cc3ccccc3)C(=O)C21. The van der Waals surface area contributed by atoms with Crippen LogP contribution >= 0.6 is 0 Å². The quantitative estimate of drug-likeness (QED) is 0.843. The first-order chi connectivity index (χ1) is 8.18. The van der Waals surface area contributed by atoms with E-state index >= 15 is 0 Å². The fourth-order valence-electron chi connectivity index (χ4n) is 2.78. The van der Waals surface area contributed by atoms with Gasteiger partial charge in [-0.1, -0.05) is 30.3 Å². The number of benzene rings is 1. The summed E-state index contributed by atoms with van der Waals surface area (Å²) in [5.74, 6) is -1.45. The lowest BCUT2D eigenvalue weighted by Gasteiger charge is -2.19.